The molecule has 28 heavy (non-hydrogen) atoms. The average Bonchev–Trinajstić information content (AvgIpc) is 3.22. The topological polar surface area (TPSA) is 47.4 Å². The van der Waals surface area contributed by atoms with Gasteiger partial charge in [0.15, 0.2) is 5.16 Å². The highest BCUT2D eigenvalue weighted by Gasteiger charge is 2.15. The summed E-state index contributed by atoms with van der Waals surface area (Å²) in [6, 6.07) is 15.3. The monoisotopic (exact) mass is 393 g/mol. The van der Waals surface area contributed by atoms with E-state index in [1.165, 1.54) is 0 Å². The molecule has 1 heterocycles. The largest absolute Gasteiger partial charge is 0.497 e. The van der Waals surface area contributed by atoms with Gasteiger partial charge in [0.1, 0.15) is 5.75 Å². The highest BCUT2D eigenvalue weighted by atomic mass is 32.2. The van der Waals surface area contributed by atoms with E-state index < -0.39 is 0 Å². The Kier molecular flexibility index (Phi) is 6.55. The zero-order valence-corrected chi connectivity index (χ0v) is 16.9. The van der Waals surface area contributed by atoms with Crippen molar-refractivity contribution in [1.29, 1.82) is 0 Å². The van der Waals surface area contributed by atoms with E-state index in [9.17, 15) is 4.79 Å². The molecular weight excluding hydrogens is 370 g/mol. The van der Waals surface area contributed by atoms with Gasteiger partial charge in [-0.05, 0) is 48.2 Å². The molecule has 6 heteroatoms. The zero-order valence-electron chi connectivity index (χ0n) is 16.0. The molecule has 3 aromatic rings. The molecule has 0 fully saturated rings. The minimum Gasteiger partial charge on any atom is -0.497 e. The Bertz CT molecular complexity index is 933. The van der Waals surface area contributed by atoms with Crippen LogP contribution in [-0.4, -0.2) is 40.3 Å². The van der Waals surface area contributed by atoms with Gasteiger partial charge >= 0.3 is 0 Å². The molecule has 0 saturated carbocycles. The minimum absolute atomic E-state index is 0.0296. The van der Waals surface area contributed by atoms with Crippen molar-refractivity contribution in [2.24, 2.45) is 0 Å². The number of methoxy groups -OCH3 is 1. The molecule has 144 valence electrons. The summed E-state index contributed by atoms with van der Waals surface area (Å²) in [5.74, 6) is 0.767. The summed E-state index contributed by atoms with van der Waals surface area (Å²) in [7, 11) is 1.64. The van der Waals surface area contributed by atoms with Gasteiger partial charge in [0.2, 0.25) is 0 Å². The predicted octanol–water partition coefficient (Wildman–Crippen LogP) is 4.43. The summed E-state index contributed by atoms with van der Waals surface area (Å²) < 4.78 is 7.19. The highest BCUT2D eigenvalue weighted by Crippen LogP contribution is 2.20. The van der Waals surface area contributed by atoms with Crippen molar-refractivity contribution in [2.75, 3.05) is 19.9 Å². The molecule has 2 aromatic carbocycles. The van der Waals surface area contributed by atoms with E-state index in [-0.39, 0.29) is 5.91 Å². The normalized spacial score (nSPS) is 10.5. The number of benzene rings is 2. The fourth-order valence-electron chi connectivity index (χ4n) is 2.91. The van der Waals surface area contributed by atoms with Crippen LogP contribution in [0.5, 0.6) is 5.75 Å². The van der Waals surface area contributed by atoms with Crippen LogP contribution in [0.1, 0.15) is 15.9 Å². The van der Waals surface area contributed by atoms with Gasteiger partial charge in [-0.1, -0.05) is 30.0 Å². The second-order valence-electron chi connectivity index (χ2n) is 6.15. The van der Waals surface area contributed by atoms with Gasteiger partial charge in [-0.2, -0.15) is 0 Å². The van der Waals surface area contributed by atoms with Crippen LogP contribution < -0.4 is 4.74 Å². The first-order valence-corrected chi connectivity index (χ1v) is 10.1. The summed E-state index contributed by atoms with van der Waals surface area (Å²) in [4.78, 5) is 19.1. The van der Waals surface area contributed by atoms with E-state index in [1.54, 1.807) is 36.0 Å². The molecule has 1 amide bonds. The van der Waals surface area contributed by atoms with Crippen molar-refractivity contribution in [1.82, 2.24) is 14.5 Å². The van der Waals surface area contributed by atoms with Crippen molar-refractivity contribution < 1.29 is 9.53 Å². The van der Waals surface area contributed by atoms with Gasteiger partial charge in [0, 0.05) is 36.7 Å². The molecule has 0 aliphatic carbocycles. The summed E-state index contributed by atoms with van der Waals surface area (Å²) >= 11 is 1.58. The summed E-state index contributed by atoms with van der Waals surface area (Å²) in [5, 5.41) is 0.909. The van der Waals surface area contributed by atoms with Gasteiger partial charge in [-0.15, -0.1) is 6.58 Å². The Hall–Kier alpha value is -2.99. The molecule has 0 atom stereocenters. The third kappa shape index (κ3) is 4.46. The standard InChI is InChI=1S/C22H23N3O2S/c1-4-14-24(16-17-5-11-20(27-2)12-6-17)21(26)18-7-9-19(10-8-18)25-15-13-23-22(25)28-3/h4-13,15H,1,14,16H2,2-3H3. The Labute approximate surface area is 169 Å². The Morgan fingerprint density at radius 3 is 2.54 bits per heavy atom. The smallest absolute Gasteiger partial charge is 0.254 e. The van der Waals surface area contributed by atoms with E-state index >= 15 is 0 Å². The molecule has 1 aromatic heterocycles. The lowest BCUT2D eigenvalue weighted by atomic mass is 10.1. The average molecular weight is 394 g/mol. The van der Waals surface area contributed by atoms with Gasteiger partial charge in [0.05, 0.1) is 7.11 Å². The number of aromatic nitrogens is 2. The molecule has 0 spiro atoms. The van der Waals surface area contributed by atoms with Gasteiger partial charge in [-0.3, -0.25) is 9.36 Å². The van der Waals surface area contributed by atoms with Crippen LogP contribution in [0.2, 0.25) is 0 Å². The number of nitrogens with zero attached hydrogens (tertiary/aromatic N) is 3. The van der Waals surface area contributed by atoms with Crippen LogP contribution in [0.25, 0.3) is 5.69 Å². The van der Waals surface area contributed by atoms with Crippen LogP contribution in [0, 0.1) is 0 Å². The molecule has 0 bridgehead atoms. The van der Waals surface area contributed by atoms with E-state index in [0.717, 1.165) is 22.2 Å². The lowest BCUT2D eigenvalue weighted by Crippen LogP contribution is -2.30. The molecule has 0 unspecified atom stereocenters. The van der Waals surface area contributed by atoms with Crippen LogP contribution in [0.15, 0.2) is 78.7 Å². The Morgan fingerprint density at radius 1 is 1.21 bits per heavy atom. The van der Waals surface area contributed by atoms with E-state index in [0.29, 0.717) is 18.7 Å². The number of rotatable bonds is 8. The van der Waals surface area contributed by atoms with E-state index in [1.807, 2.05) is 65.6 Å². The number of hydrogen-bond donors (Lipinski definition) is 0. The van der Waals surface area contributed by atoms with Crippen molar-refractivity contribution in [3.63, 3.8) is 0 Å². The number of amides is 1. The number of hydrogen-bond acceptors (Lipinski definition) is 4. The fourth-order valence-corrected chi connectivity index (χ4v) is 3.44. The molecule has 0 saturated heterocycles. The Balaban J connectivity index is 1.77. The molecule has 5 nitrogen and oxygen atoms in total. The van der Waals surface area contributed by atoms with Crippen LogP contribution in [-0.2, 0) is 6.54 Å². The number of imidazole rings is 1. The quantitative estimate of drug-likeness (QED) is 0.420. The first-order valence-electron chi connectivity index (χ1n) is 8.87. The number of carbonyl (C=O) groups excluding carboxylic acids is 1. The van der Waals surface area contributed by atoms with Crippen molar-refractivity contribution in [3.8, 4) is 11.4 Å². The maximum absolute atomic E-state index is 13.0. The highest BCUT2D eigenvalue weighted by molar-refractivity contribution is 7.98. The third-order valence-corrected chi connectivity index (χ3v) is 5.02. The lowest BCUT2D eigenvalue weighted by Gasteiger charge is -2.21. The summed E-state index contributed by atoms with van der Waals surface area (Å²) in [6.07, 6.45) is 7.41. The third-order valence-electron chi connectivity index (χ3n) is 4.35. The van der Waals surface area contributed by atoms with Crippen molar-refractivity contribution in [3.05, 3.63) is 84.7 Å². The van der Waals surface area contributed by atoms with E-state index in [2.05, 4.69) is 11.6 Å². The molecule has 0 radical (unpaired) electrons. The van der Waals surface area contributed by atoms with Crippen LogP contribution in [0.4, 0.5) is 0 Å². The predicted molar refractivity (Wildman–Crippen MR) is 113 cm³/mol. The molecule has 0 aliphatic rings. The Morgan fingerprint density at radius 2 is 1.93 bits per heavy atom. The number of carbonyl (C=O) groups is 1. The van der Waals surface area contributed by atoms with Gasteiger partial charge < -0.3 is 9.64 Å². The second-order valence-corrected chi connectivity index (χ2v) is 6.93. The molecule has 0 aliphatic heterocycles. The van der Waals surface area contributed by atoms with E-state index in [4.69, 9.17) is 4.74 Å². The first kappa shape index (κ1) is 19.8. The van der Waals surface area contributed by atoms with Crippen LogP contribution >= 0.6 is 11.8 Å². The van der Waals surface area contributed by atoms with Crippen molar-refractivity contribution in [2.45, 2.75) is 11.7 Å². The molecular formula is C22H23N3O2S. The van der Waals surface area contributed by atoms with Gasteiger partial charge in [0.25, 0.3) is 5.91 Å². The zero-order chi connectivity index (χ0) is 19.9. The number of thioether (sulfide) groups is 1. The second kappa shape index (κ2) is 9.28. The van der Waals surface area contributed by atoms with Crippen LogP contribution in [0.3, 0.4) is 0 Å². The minimum atomic E-state index is -0.0296. The van der Waals surface area contributed by atoms with Gasteiger partial charge in [-0.25, -0.2) is 4.98 Å². The maximum atomic E-state index is 13.0. The first-order chi connectivity index (χ1) is 13.7. The fraction of sp³-hybridized carbons (Fsp3) is 0.182. The molecule has 3 rings (SSSR count). The number of ether oxygens (including phenoxy) is 1. The lowest BCUT2D eigenvalue weighted by molar-refractivity contribution is 0.0762. The summed E-state index contributed by atoms with van der Waals surface area (Å²) in [5.41, 5.74) is 2.66. The SMILES string of the molecule is C=CCN(Cc1ccc(OC)cc1)C(=O)c1ccc(-n2ccnc2SC)cc1. The maximum Gasteiger partial charge on any atom is 0.254 e. The van der Waals surface area contributed by atoms with Crippen molar-refractivity contribution >= 4 is 17.7 Å². The molecule has 0 N–H and O–H groups in total. The summed E-state index contributed by atoms with van der Waals surface area (Å²) in [6.45, 7) is 4.77.